The van der Waals surface area contributed by atoms with E-state index < -0.39 is 0 Å². The highest BCUT2D eigenvalue weighted by Gasteiger charge is 2.26. The van der Waals surface area contributed by atoms with Crippen LogP contribution in [0.25, 0.3) is 0 Å². The average molecular weight is 204 g/mol. The molecular weight excluding hydrogens is 192 g/mol. The summed E-state index contributed by atoms with van der Waals surface area (Å²) in [6, 6.07) is 5.47. The van der Waals surface area contributed by atoms with Crippen LogP contribution in [0.4, 0.5) is 5.69 Å². The van der Waals surface area contributed by atoms with Gasteiger partial charge in [0.05, 0.1) is 11.1 Å². The minimum Gasteiger partial charge on any atom is -0.383 e. The van der Waals surface area contributed by atoms with Crippen molar-refractivity contribution in [3.05, 3.63) is 29.3 Å². The van der Waals surface area contributed by atoms with E-state index in [0.29, 0.717) is 17.2 Å². The molecule has 0 aromatic heterocycles. The molecule has 2 rings (SSSR count). The summed E-state index contributed by atoms with van der Waals surface area (Å²) in [5.74, 6) is -0.631. The van der Waals surface area contributed by atoms with Gasteiger partial charge in [0.25, 0.3) is 11.8 Å². The van der Waals surface area contributed by atoms with Crippen LogP contribution < -0.4 is 10.6 Å². The van der Waals surface area contributed by atoms with Gasteiger partial charge in [-0.2, -0.15) is 0 Å². The lowest BCUT2D eigenvalue weighted by Crippen LogP contribution is -2.19. The van der Waals surface area contributed by atoms with Gasteiger partial charge < -0.3 is 5.32 Å². The van der Waals surface area contributed by atoms with Gasteiger partial charge in [-0.25, -0.2) is 0 Å². The third-order valence-corrected chi connectivity index (χ3v) is 2.19. The highest BCUT2D eigenvalue weighted by molar-refractivity contribution is 6.21. The van der Waals surface area contributed by atoms with Crippen molar-refractivity contribution in [2.24, 2.45) is 0 Å². The number of hydrogen-bond donors (Lipinski definition) is 2. The van der Waals surface area contributed by atoms with Gasteiger partial charge in [0, 0.05) is 11.7 Å². The van der Waals surface area contributed by atoms with Gasteiger partial charge in [-0.3, -0.25) is 14.9 Å². The summed E-state index contributed by atoms with van der Waals surface area (Å²) in [5, 5.41) is 5.44. The van der Waals surface area contributed by atoms with Crippen molar-refractivity contribution in [1.29, 1.82) is 0 Å². The van der Waals surface area contributed by atoms with Gasteiger partial charge >= 0.3 is 0 Å². The van der Waals surface area contributed by atoms with Crippen LogP contribution in [0.2, 0.25) is 0 Å². The maximum Gasteiger partial charge on any atom is 0.259 e. The summed E-state index contributed by atoms with van der Waals surface area (Å²) in [6.07, 6.45) is 0. The molecule has 15 heavy (non-hydrogen) atoms. The molecule has 2 N–H and O–H groups in total. The van der Waals surface area contributed by atoms with Crippen LogP contribution in [-0.4, -0.2) is 17.9 Å². The van der Waals surface area contributed by atoms with E-state index in [1.165, 1.54) is 0 Å². The van der Waals surface area contributed by atoms with Gasteiger partial charge in [-0.1, -0.05) is 0 Å². The fourth-order valence-corrected chi connectivity index (χ4v) is 1.59. The van der Waals surface area contributed by atoms with Crippen LogP contribution in [0.1, 0.15) is 34.6 Å². The van der Waals surface area contributed by atoms with Crippen LogP contribution in [-0.2, 0) is 0 Å². The van der Waals surface area contributed by atoms with Gasteiger partial charge in [-0.15, -0.1) is 0 Å². The number of hydrogen-bond acceptors (Lipinski definition) is 3. The number of fused-ring (bicyclic) bond motifs is 1. The van der Waals surface area contributed by atoms with Crippen LogP contribution in [0.5, 0.6) is 0 Å². The van der Waals surface area contributed by atoms with Crippen LogP contribution in [0.15, 0.2) is 18.2 Å². The first-order valence-electron chi connectivity index (χ1n) is 4.84. The monoisotopic (exact) mass is 204 g/mol. The zero-order valence-corrected chi connectivity index (χ0v) is 8.63. The third-order valence-electron chi connectivity index (χ3n) is 2.19. The summed E-state index contributed by atoms with van der Waals surface area (Å²) in [7, 11) is 0. The molecule has 1 heterocycles. The number of amides is 2. The zero-order chi connectivity index (χ0) is 11.0. The number of rotatable bonds is 2. The van der Waals surface area contributed by atoms with Crippen molar-refractivity contribution in [2.75, 3.05) is 5.32 Å². The molecule has 0 atom stereocenters. The van der Waals surface area contributed by atoms with Crippen molar-refractivity contribution in [2.45, 2.75) is 19.9 Å². The summed E-state index contributed by atoms with van der Waals surface area (Å²) in [5.41, 5.74) is 1.76. The summed E-state index contributed by atoms with van der Waals surface area (Å²) >= 11 is 0. The van der Waals surface area contributed by atoms with Crippen LogP contribution >= 0.6 is 0 Å². The molecule has 78 valence electrons. The van der Waals surface area contributed by atoms with Gasteiger partial charge in [-0.05, 0) is 32.0 Å². The van der Waals surface area contributed by atoms with E-state index >= 15 is 0 Å². The fourth-order valence-electron chi connectivity index (χ4n) is 1.59. The summed E-state index contributed by atoms with van der Waals surface area (Å²) in [6.45, 7) is 4.02. The van der Waals surface area contributed by atoms with Gasteiger partial charge in [0.1, 0.15) is 0 Å². The molecule has 1 aliphatic rings. The fraction of sp³-hybridized carbons (Fsp3) is 0.273. The Bertz CT molecular complexity index is 438. The van der Waals surface area contributed by atoms with E-state index in [1.807, 2.05) is 13.8 Å². The Morgan fingerprint density at radius 2 is 1.80 bits per heavy atom. The minimum atomic E-state index is -0.317. The zero-order valence-electron chi connectivity index (χ0n) is 8.63. The average Bonchev–Trinajstić information content (AvgIpc) is 2.41. The smallest absolute Gasteiger partial charge is 0.259 e. The summed E-state index contributed by atoms with van der Waals surface area (Å²) < 4.78 is 0. The molecule has 4 nitrogen and oxygen atoms in total. The maximum absolute atomic E-state index is 11.4. The Labute approximate surface area is 87.7 Å². The molecule has 0 fully saturated rings. The number of nitrogens with one attached hydrogen (secondary N) is 2. The largest absolute Gasteiger partial charge is 0.383 e. The highest BCUT2D eigenvalue weighted by atomic mass is 16.2. The van der Waals surface area contributed by atoms with E-state index in [9.17, 15) is 9.59 Å². The molecule has 0 saturated heterocycles. The van der Waals surface area contributed by atoms with Crippen molar-refractivity contribution in [1.82, 2.24) is 5.32 Å². The Morgan fingerprint density at radius 1 is 1.13 bits per heavy atom. The van der Waals surface area contributed by atoms with Crippen LogP contribution in [0.3, 0.4) is 0 Å². The predicted molar refractivity (Wildman–Crippen MR) is 57.0 cm³/mol. The lowest BCUT2D eigenvalue weighted by Gasteiger charge is -2.10. The molecule has 1 aromatic carbocycles. The summed E-state index contributed by atoms with van der Waals surface area (Å²) in [4.78, 5) is 22.6. The van der Waals surface area contributed by atoms with E-state index in [-0.39, 0.29) is 11.8 Å². The normalized spacial score (nSPS) is 14.1. The second-order valence-corrected chi connectivity index (χ2v) is 3.84. The molecule has 4 heteroatoms. The Kier molecular flexibility index (Phi) is 2.19. The molecule has 0 radical (unpaired) electrons. The lowest BCUT2D eigenvalue weighted by molar-refractivity contribution is 0.0879. The molecule has 1 aliphatic heterocycles. The second-order valence-electron chi connectivity index (χ2n) is 3.84. The standard InChI is InChI=1S/C11H12N2O2/c1-6(2)12-7-3-4-8-9(5-7)11(15)13-10(8)14/h3-6,12H,1-2H3,(H,13,14,15). The molecule has 1 aromatic rings. The predicted octanol–water partition coefficient (Wildman–Crippen LogP) is 1.39. The van der Waals surface area contributed by atoms with Gasteiger partial charge in [0.15, 0.2) is 0 Å². The van der Waals surface area contributed by atoms with E-state index in [0.717, 1.165) is 5.69 Å². The minimum absolute atomic E-state index is 0.295. The molecular formula is C11H12N2O2. The van der Waals surface area contributed by atoms with Crippen molar-refractivity contribution in [3.8, 4) is 0 Å². The topological polar surface area (TPSA) is 58.2 Å². The van der Waals surface area contributed by atoms with Crippen LogP contribution in [0, 0.1) is 0 Å². The molecule has 0 bridgehead atoms. The number of imide groups is 1. The number of carbonyl (C=O) groups excluding carboxylic acids is 2. The van der Waals surface area contributed by atoms with Crippen molar-refractivity contribution >= 4 is 17.5 Å². The Balaban J connectivity index is 2.38. The first kappa shape index (κ1) is 9.71. The molecule has 0 aliphatic carbocycles. The molecule has 0 unspecified atom stereocenters. The third kappa shape index (κ3) is 1.70. The quantitative estimate of drug-likeness (QED) is 0.716. The first-order valence-corrected chi connectivity index (χ1v) is 4.84. The number of benzene rings is 1. The molecule has 0 saturated carbocycles. The van der Waals surface area contributed by atoms with E-state index in [1.54, 1.807) is 18.2 Å². The molecule has 0 spiro atoms. The molecule has 2 amide bonds. The number of carbonyl (C=O) groups is 2. The SMILES string of the molecule is CC(C)Nc1ccc2c(c1)C(=O)NC2=O. The Morgan fingerprint density at radius 3 is 2.47 bits per heavy atom. The number of anilines is 1. The van der Waals surface area contributed by atoms with E-state index in [2.05, 4.69) is 10.6 Å². The van der Waals surface area contributed by atoms with E-state index in [4.69, 9.17) is 0 Å². The highest BCUT2D eigenvalue weighted by Crippen LogP contribution is 2.20. The Hall–Kier alpha value is -1.84. The van der Waals surface area contributed by atoms with Gasteiger partial charge in [0.2, 0.25) is 0 Å². The second kappa shape index (κ2) is 3.38. The van der Waals surface area contributed by atoms with Crippen molar-refractivity contribution < 1.29 is 9.59 Å². The van der Waals surface area contributed by atoms with Crippen molar-refractivity contribution in [3.63, 3.8) is 0 Å². The lowest BCUT2D eigenvalue weighted by atomic mass is 10.1. The first-order chi connectivity index (χ1) is 7.08. The maximum atomic E-state index is 11.4.